The Labute approximate surface area is 131 Å². The van der Waals surface area contributed by atoms with Crippen molar-refractivity contribution in [2.45, 2.75) is 6.92 Å². The maximum Gasteiger partial charge on any atom is 0.434 e. The number of hydrazone groups is 1. The van der Waals surface area contributed by atoms with Crippen LogP contribution in [0.25, 0.3) is 6.08 Å². The van der Waals surface area contributed by atoms with Gasteiger partial charge in [0.1, 0.15) is 11.9 Å². The summed E-state index contributed by atoms with van der Waals surface area (Å²) in [6.07, 6.45) is 4.89. The Morgan fingerprint density at radius 2 is 2.43 bits per heavy atom. The summed E-state index contributed by atoms with van der Waals surface area (Å²) in [6, 6.07) is 0. The predicted octanol–water partition coefficient (Wildman–Crippen LogP) is 0.844. The van der Waals surface area contributed by atoms with Crippen LogP contribution >= 0.6 is 17.0 Å². The van der Waals surface area contributed by atoms with Gasteiger partial charge in [-0.15, -0.1) is 17.0 Å². The lowest BCUT2D eigenvalue weighted by molar-refractivity contribution is -0.396. The van der Waals surface area contributed by atoms with E-state index in [1.807, 2.05) is 6.92 Å². The first kappa shape index (κ1) is 16.8. The summed E-state index contributed by atoms with van der Waals surface area (Å²) in [6.45, 7) is 3.36. The molecule has 1 aromatic heterocycles. The molecule has 21 heavy (non-hydrogen) atoms. The summed E-state index contributed by atoms with van der Waals surface area (Å²) >= 11 is 0. The van der Waals surface area contributed by atoms with Gasteiger partial charge in [-0.3, -0.25) is 0 Å². The van der Waals surface area contributed by atoms with Gasteiger partial charge in [-0.2, -0.15) is 5.10 Å². The van der Waals surface area contributed by atoms with Crippen LogP contribution in [0, 0.1) is 10.1 Å². The van der Waals surface area contributed by atoms with Gasteiger partial charge < -0.3 is 15.4 Å². The highest BCUT2D eigenvalue weighted by Crippen LogP contribution is 2.11. The van der Waals surface area contributed by atoms with Crippen molar-refractivity contribution in [1.29, 1.82) is 0 Å². The topological polar surface area (TPSA) is 110 Å². The molecule has 114 valence electrons. The van der Waals surface area contributed by atoms with E-state index >= 15 is 0 Å². The van der Waals surface area contributed by atoms with Crippen molar-refractivity contribution in [2.75, 3.05) is 13.1 Å². The highest BCUT2D eigenvalue weighted by molar-refractivity contribution is 8.93. The molecule has 0 aromatic carbocycles. The fourth-order valence-corrected chi connectivity index (χ4v) is 1.59. The molecule has 0 radical (unpaired) electrons. The van der Waals surface area contributed by atoms with E-state index in [4.69, 9.17) is 0 Å². The number of hydrogen-bond acceptors (Lipinski definition) is 7. The Bertz CT molecular complexity index is 606. The number of imidazole rings is 1. The summed E-state index contributed by atoms with van der Waals surface area (Å²) in [5.41, 5.74) is 4.14. The molecule has 0 fully saturated rings. The molecule has 2 heterocycles. The number of rotatable bonds is 4. The lowest BCUT2D eigenvalue weighted by Crippen LogP contribution is -2.30. The summed E-state index contributed by atoms with van der Waals surface area (Å²) in [4.78, 5) is 18.0. The number of nitrogens with zero attached hydrogens (tertiary/aromatic N) is 5. The molecular formula is C11H16BrN7O2. The van der Waals surface area contributed by atoms with Gasteiger partial charge in [0.25, 0.3) is 0 Å². The molecule has 0 saturated carbocycles. The lowest BCUT2D eigenvalue weighted by Gasteiger charge is -2.00. The fourth-order valence-electron chi connectivity index (χ4n) is 1.59. The van der Waals surface area contributed by atoms with Crippen LogP contribution in [0.15, 0.2) is 22.4 Å². The monoisotopic (exact) mass is 357 g/mol. The van der Waals surface area contributed by atoms with Gasteiger partial charge >= 0.3 is 5.95 Å². The van der Waals surface area contributed by atoms with Crippen LogP contribution in [0.2, 0.25) is 0 Å². The minimum absolute atomic E-state index is 0. The Kier molecular flexibility index (Phi) is 6.03. The first-order chi connectivity index (χ1) is 9.58. The summed E-state index contributed by atoms with van der Waals surface area (Å²) in [7, 11) is 1.59. The van der Waals surface area contributed by atoms with Crippen molar-refractivity contribution in [2.24, 2.45) is 17.1 Å². The molecule has 1 aromatic rings. The predicted molar refractivity (Wildman–Crippen MR) is 85.8 cm³/mol. The van der Waals surface area contributed by atoms with Crippen LogP contribution in [-0.2, 0) is 7.05 Å². The number of aromatic nitrogens is 2. The second-order valence-corrected chi connectivity index (χ2v) is 4.15. The molecule has 0 amide bonds. The number of nitro groups is 1. The zero-order valence-corrected chi connectivity index (χ0v) is 13.3. The van der Waals surface area contributed by atoms with Crippen molar-refractivity contribution in [3.05, 3.63) is 28.1 Å². The molecule has 0 spiro atoms. The minimum Gasteiger partial charge on any atom is -0.390 e. The van der Waals surface area contributed by atoms with Gasteiger partial charge in [0.2, 0.25) is 5.96 Å². The number of nitrogens with one attached hydrogen (secondary N) is 2. The normalized spacial score (nSPS) is 14.6. The van der Waals surface area contributed by atoms with Crippen molar-refractivity contribution in [3.8, 4) is 0 Å². The SMILES string of the molecule is Br.CC(/C=C/c1cnc([N+](=O)[O-])n1C)=N\NC1=NCCN1. The highest BCUT2D eigenvalue weighted by atomic mass is 79.9. The van der Waals surface area contributed by atoms with E-state index in [9.17, 15) is 10.1 Å². The third-order valence-electron chi connectivity index (χ3n) is 2.67. The van der Waals surface area contributed by atoms with Crippen LogP contribution in [0.4, 0.5) is 5.95 Å². The van der Waals surface area contributed by atoms with Crippen molar-refractivity contribution >= 4 is 40.7 Å². The van der Waals surface area contributed by atoms with Crippen LogP contribution in [-0.4, -0.2) is 39.2 Å². The van der Waals surface area contributed by atoms with Crippen LogP contribution in [0.1, 0.15) is 12.6 Å². The molecule has 0 saturated heterocycles. The average Bonchev–Trinajstić information content (AvgIpc) is 3.03. The standard InChI is InChI=1S/C11H15N7O2.BrH/c1-8(15-16-10-12-5-6-13-10)3-4-9-7-14-11(17(9)2)18(19)20;/h3-4,7H,5-6H2,1-2H3,(H2,12,13,16);1H/b4-3+,15-8+;. The van der Waals surface area contributed by atoms with Crippen LogP contribution in [0.5, 0.6) is 0 Å². The van der Waals surface area contributed by atoms with E-state index in [-0.39, 0.29) is 22.9 Å². The maximum absolute atomic E-state index is 10.7. The third kappa shape index (κ3) is 4.38. The van der Waals surface area contributed by atoms with Crippen molar-refractivity contribution in [1.82, 2.24) is 20.3 Å². The average molecular weight is 358 g/mol. The van der Waals surface area contributed by atoms with Crippen molar-refractivity contribution in [3.63, 3.8) is 0 Å². The molecule has 0 aliphatic carbocycles. The first-order valence-corrected chi connectivity index (χ1v) is 6.00. The quantitative estimate of drug-likeness (QED) is 0.471. The molecule has 1 aliphatic heterocycles. The summed E-state index contributed by atoms with van der Waals surface area (Å²) in [5.74, 6) is 0.454. The Hall–Kier alpha value is -2.23. The fraction of sp³-hybridized carbons (Fsp3) is 0.364. The van der Waals surface area contributed by atoms with Gasteiger partial charge in [-0.25, -0.2) is 15.0 Å². The maximum atomic E-state index is 10.7. The molecule has 2 N–H and O–H groups in total. The number of hydrogen-bond donors (Lipinski definition) is 2. The molecule has 0 bridgehead atoms. The second-order valence-electron chi connectivity index (χ2n) is 4.15. The van der Waals surface area contributed by atoms with Gasteiger partial charge in [0.05, 0.1) is 19.3 Å². The molecule has 0 unspecified atom stereocenters. The number of halogens is 1. The van der Waals surface area contributed by atoms with E-state index in [0.717, 1.165) is 13.1 Å². The van der Waals surface area contributed by atoms with Crippen LogP contribution in [0.3, 0.4) is 0 Å². The van der Waals surface area contributed by atoms with Gasteiger partial charge in [0.15, 0.2) is 0 Å². The van der Waals surface area contributed by atoms with E-state index in [2.05, 4.69) is 25.8 Å². The van der Waals surface area contributed by atoms with E-state index in [0.29, 0.717) is 17.4 Å². The lowest BCUT2D eigenvalue weighted by atomic mass is 10.3. The third-order valence-corrected chi connectivity index (χ3v) is 2.67. The minimum atomic E-state index is -0.524. The summed E-state index contributed by atoms with van der Waals surface area (Å²) < 4.78 is 1.40. The Morgan fingerprint density at radius 3 is 3.00 bits per heavy atom. The molecule has 9 nitrogen and oxygen atoms in total. The number of allylic oxidation sites excluding steroid dienone is 1. The number of aliphatic imine (C=N–C) groups is 1. The molecular weight excluding hydrogens is 342 g/mol. The molecule has 1 aliphatic rings. The van der Waals surface area contributed by atoms with E-state index in [1.54, 1.807) is 19.2 Å². The van der Waals surface area contributed by atoms with Gasteiger partial charge in [-0.1, -0.05) is 4.98 Å². The molecule has 2 rings (SSSR count). The van der Waals surface area contributed by atoms with Gasteiger partial charge in [-0.05, 0) is 24.0 Å². The smallest absolute Gasteiger partial charge is 0.390 e. The number of guanidine groups is 1. The van der Waals surface area contributed by atoms with Gasteiger partial charge in [0, 0.05) is 6.54 Å². The second kappa shape index (κ2) is 7.53. The molecule has 10 heteroatoms. The van der Waals surface area contributed by atoms with Crippen LogP contribution < -0.4 is 10.7 Å². The van der Waals surface area contributed by atoms with E-state index in [1.165, 1.54) is 10.8 Å². The summed E-state index contributed by atoms with van der Waals surface area (Å²) in [5, 5.41) is 17.8. The first-order valence-electron chi connectivity index (χ1n) is 6.00. The molecule has 0 atom stereocenters. The largest absolute Gasteiger partial charge is 0.434 e. The highest BCUT2D eigenvalue weighted by Gasteiger charge is 2.14. The Balaban J connectivity index is 0.00000220. The Morgan fingerprint density at radius 1 is 1.67 bits per heavy atom. The zero-order valence-electron chi connectivity index (χ0n) is 11.6. The van der Waals surface area contributed by atoms with E-state index < -0.39 is 4.92 Å². The zero-order chi connectivity index (χ0) is 14.5. The van der Waals surface area contributed by atoms with Crippen molar-refractivity contribution < 1.29 is 4.92 Å².